The zero-order valence-corrected chi connectivity index (χ0v) is 20.2. The molecule has 4 rings (SSSR count). The molecule has 0 aliphatic rings. The highest BCUT2D eigenvalue weighted by atomic mass is 35.5. The molecule has 3 aromatic carbocycles. The Balaban J connectivity index is 1.48. The van der Waals surface area contributed by atoms with E-state index in [0.717, 1.165) is 11.4 Å². The zero-order chi connectivity index (χ0) is 23.2. The van der Waals surface area contributed by atoms with Crippen molar-refractivity contribution in [1.29, 1.82) is 0 Å². The van der Waals surface area contributed by atoms with Crippen LogP contribution in [0.3, 0.4) is 0 Å². The van der Waals surface area contributed by atoms with Crippen LogP contribution in [-0.4, -0.2) is 26.4 Å². The minimum Gasteiger partial charge on any atom is -0.378 e. The molecule has 1 amide bonds. The molecule has 0 aliphatic carbocycles. The van der Waals surface area contributed by atoms with E-state index in [-0.39, 0.29) is 11.7 Å². The van der Waals surface area contributed by atoms with E-state index in [0.29, 0.717) is 38.3 Å². The minimum atomic E-state index is -0.193. The van der Waals surface area contributed by atoms with Crippen LogP contribution in [0.4, 0.5) is 11.4 Å². The summed E-state index contributed by atoms with van der Waals surface area (Å²) in [6, 6.07) is 22.1. The van der Waals surface area contributed by atoms with Gasteiger partial charge in [-0.2, -0.15) is 0 Å². The van der Waals surface area contributed by atoms with Crippen molar-refractivity contribution < 1.29 is 4.79 Å². The van der Waals surface area contributed by atoms with E-state index in [9.17, 15) is 4.79 Å². The molecule has 1 aromatic heterocycles. The highest BCUT2D eigenvalue weighted by molar-refractivity contribution is 7.99. The topological polar surface area (TPSA) is 71.8 Å². The number of nitrogens with one attached hydrogen (secondary N) is 2. The van der Waals surface area contributed by atoms with Crippen LogP contribution >= 0.6 is 46.6 Å². The summed E-state index contributed by atoms with van der Waals surface area (Å²) in [5.41, 5.74) is 2.40. The van der Waals surface area contributed by atoms with E-state index in [1.165, 1.54) is 11.8 Å². The van der Waals surface area contributed by atoms with E-state index >= 15 is 0 Å². The number of anilines is 2. The van der Waals surface area contributed by atoms with E-state index in [4.69, 9.17) is 34.8 Å². The third-order valence-corrected chi connectivity index (χ3v) is 6.47. The van der Waals surface area contributed by atoms with Gasteiger partial charge in [-0.1, -0.05) is 64.8 Å². The maximum absolute atomic E-state index is 12.5. The van der Waals surface area contributed by atoms with Crippen molar-refractivity contribution in [1.82, 2.24) is 14.8 Å². The van der Waals surface area contributed by atoms with Crippen molar-refractivity contribution in [3.05, 3.63) is 93.7 Å². The first-order valence-electron chi connectivity index (χ1n) is 9.86. The van der Waals surface area contributed by atoms with Crippen LogP contribution < -0.4 is 10.6 Å². The van der Waals surface area contributed by atoms with Crippen molar-refractivity contribution in [2.45, 2.75) is 11.7 Å². The third kappa shape index (κ3) is 6.21. The molecule has 0 saturated carbocycles. The SMILES string of the molecule is O=C(CSc1nnc(CNc2ccc(Cl)cc2)n1-c1ccccc1)Nc1ccc(Cl)c(Cl)c1. The molecule has 6 nitrogen and oxygen atoms in total. The Morgan fingerprint density at radius 3 is 2.33 bits per heavy atom. The van der Waals surface area contributed by atoms with Crippen LogP contribution in [0.15, 0.2) is 78.0 Å². The molecule has 0 saturated heterocycles. The van der Waals surface area contributed by atoms with Gasteiger partial charge in [-0.3, -0.25) is 9.36 Å². The lowest BCUT2D eigenvalue weighted by molar-refractivity contribution is -0.113. The number of amides is 1. The molecule has 0 fully saturated rings. The quantitative estimate of drug-likeness (QED) is 0.258. The lowest BCUT2D eigenvalue weighted by atomic mass is 10.3. The Morgan fingerprint density at radius 2 is 1.61 bits per heavy atom. The summed E-state index contributed by atoms with van der Waals surface area (Å²) in [6.07, 6.45) is 0. The van der Waals surface area contributed by atoms with Gasteiger partial charge in [0.25, 0.3) is 0 Å². The van der Waals surface area contributed by atoms with Crippen LogP contribution in [-0.2, 0) is 11.3 Å². The van der Waals surface area contributed by atoms with E-state index in [2.05, 4.69) is 20.8 Å². The molecule has 0 atom stereocenters. The Morgan fingerprint density at radius 1 is 0.879 bits per heavy atom. The number of para-hydroxylation sites is 1. The normalized spacial score (nSPS) is 10.8. The molecule has 4 aromatic rings. The minimum absolute atomic E-state index is 0.149. The van der Waals surface area contributed by atoms with Crippen molar-refractivity contribution in [3.63, 3.8) is 0 Å². The van der Waals surface area contributed by atoms with Gasteiger partial charge in [-0.15, -0.1) is 10.2 Å². The molecule has 33 heavy (non-hydrogen) atoms. The van der Waals surface area contributed by atoms with Gasteiger partial charge >= 0.3 is 0 Å². The van der Waals surface area contributed by atoms with Gasteiger partial charge in [-0.25, -0.2) is 0 Å². The Bertz CT molecular complexity index is 1250. The zero-order valence-electron chi connectivity index (χ0n) is 17.1. The van der Waals surface area contributed by atoms with Gasteiger partial charge in [0.1, 0.15) is 0 Å². The fourth-order valence-corrected chi connectivity index (χ4v) is 4.19. The monoisotopic (exact) mass is 517 g/mol. The molecule has 0 spiro atoms. The Labute approximate surface area is 210 Å². The average Bonchev–Trinajstić information content (AvgIpc) is 3.23. The second-order valence-corrected chi connectivity index (χ2v) is 9.09. The smallest absolute Gasteiger partial charge is 0.234 e. The molecule has 1 heterocycles. The second kappa shape index (κ2) is 10.9. The van der Waals surface area contributed by atoms with Crippen LogP contribution in [0, 0.1) is 0 Å². The van der Waals surface area contributed by atoms with Crippen LogP contribution in [0.5, 0.6) is 0 Å². The predicted molar refractivity (Wildman–Crippen MR) is 136 cm³/mol. The number of carbonyl (C=O) groups is 1. The molecule has 2 N–H and O–H groups in total. The first-order valence-corrected chi connectivity index (χ1v) is 12.0. The molecule has 0 aliphatic heterocycles. The van der Waals surface area contributed by atoms with E-state index < -0.39 is 0 Å². The average molecular weight is 519 g/mol. The first-order chi connectivity index (χ1) is 16.0. The third-order valence-electron chi connectivity index (χ3n) is 4.55. The highest BCUT2D eigenvalue weighted by Gasteiger charge is 2.16. The molecular formula is C23H18Cl3N5OS. The van der Waals surface area contributed by atoms with Crippen LogP contribution in [0.25, 0.3) is 5.69 Å². The van der Waals surface area contributed by atoms with Crippen molar-refractivity contribution in [2.24, 2.45) is 0 Å². The van der Waals surface area contributed by atoms with Crippen LogP contribution in [0.2, 0.25) is 15.1 Å². The number of rotatable bonds is 8. The van der Waals surface area contributed by atoms with Gasteiger partial charge in [0.2, 0.25) is 5.91 Å². The van der Waals surface area contributed by atoms with Crippen molar-refractivity contribution >= 4 is 63.8 Å². The Hall–Kier alpha value is -2.71. The maximum atomic E-state index is 12.5. The van der Waals surface area contributed by atoms with Gasteiger partial charge in [0.15, 0.2) is 11.0 Å². The number of hydrogen-bond donors (Lipinski definition) is 2. The number of nitrogens with zero attached hydrogens (tertiary/aromatic N) is 3. The Kier molecular flexibility index (Phi) is 7.77. The number of carbonyl (C=O) groups excluding carboxylic acids is 1. The summed E-state index contributed by atoms with van der Waals surface area (Å²) in [5, 5.41) is 16.9. The summed E-state index contributed by atoms with van der Waals surface area (Å²) < 4.78 is 1.93. The predicted octanol–water partition coefficient (Wildman–Crippen LogP) is 6.57. The standard InChI is InChI=1S/C23H18Cl3N5OS/c24-15-6-8-16(9-7-15)27-13-21-29-30-23(31(21)18-4-2-1-3-5-18)33-14-22(32)28-17-10-11-19(25)20(26)12-17/h1-12,27H,13-14H2,(H,28,32). The summed E-state index contributed by atoms with van der Waals surface area (Å²) >= 11 is 19.2. The lowest BCUT2D eigenvalue weighted by Crippen LogP contribution is -2.15. The van der Waals surface area contributed by atoms with E-state index in [1.54, 1.807) is 18.2 Å². The molecule has 0 radical (unpaired) electrons. The van der Waals surface area contributed by atoms with Gasteiger partial charge in [-0.05, 0) is 54.6 Å². The fourth-order valence-electron chi connectivity index (χ4n) is 2.99. The van der Waals surface area contributed by atoms with Crippen LogP contribution in [0.1, 0.15) is 5.82 Å². The molecule has 0 unspecified atom stereocenters. The lowest BCUT2D eigenvalue weighted by Gasteiger charge is -2.11. The van der Waals surface area contributed by atoms with Crippen molar-refractivity contribution in [3.8, 4) is 5.69 Å². The van der Waals surface area contributed by atoms with E-state index in [1.807, 2.05) is 59.2 Å². The number of thioether (sulfide) groups is 1. The summed E-state index contributed by atoms with van der Waals surface area (Å²) in [7, 11) is 0. The fraction of sp³-hybridized carbons (Fsp3) is 0.0870. The number of aromatic nitrogens is 3. The summed E-state index contributed by atoms with van der Waals surface area (Å²) in [6.45, 7) is 0.444. The van der Waals surface area contributed by atoms with Gasteiger partial charge in [0.05, 0.1) is 22.3 Å². The number of hydrogen-bond acceptors (Lipinski definition) is 5. The number of halogens is 3. The second-order valence-electron chi connectivity index (χ2n) is 6.90. The van der Waals surface area contributed by atoms with Crippen molar-refractivity contribution in [2.75, 3.05) is 16.4 Å². The maximum Gasteiger partial charge on any atom is 0.234 e. The molecule has 10 heteroatoms. The highest BCUT2D eigenvalue weighted by Crippen LogP contribution is 2.26. The van der Waals surface area contributed by atoms with Gasteiger partial charge in [0, 0.05) is 22.1 Å². The first kappa shape index (κ1) is 23.4. The summed E-state index contributed by atoms with van der Waals surface area (Å²) in [4.78, 5) is 12.5. The number of benzene rings is 3. The largest absolute Gasteiger partial charge is 0.378 e. The van der Waals surface area contributed by atoms with Gasteiger partial charge < -0.3 is 10.6 Å². The molecular weight excluding hydrogens is 501 g/mol. The summed E-state index contributed by atoms with van der Waals surface area (Å²) in [5.74, 6) is 0.668. The molecule has 0 bridgehead atoms. The molecule has 168 valence electrons.